The zero-order valence-corrected chi connectivity index (χ0v) is 21.7. The Morgan fingerprint density at radius 1 is 0.375 bits per heavy atom. The zero-order chi connectivity index (χ0) is 26.2. The molecule has 0 N–H and O–H groups in total. The van der Waals surface area contributed by atoms with Crippen molar-refractivity contribution >= 4 is 43.1 Å². The minimum atomic E-state index is 1.18. The fraction of sp³-hybridized carbons (Fsp3) is 0. The number of hydrogen-bond acceptors (Lipinski definition) is 1. The Kier molecular flexibility index (Phi) is 4.39. The summed E-state index contributed by atoms with van der Waals surface area (Å²) in [6, 6.07) is 46.7. The average Bonchev–Trinajstić information content (AvgIpc) is 3.35. The van der Waals surface area contributed by atoms with Gasteiger partial charge in [0.2, 0.25) is 0 Å². The number of rotatable bonds is 2. The second-order valence-corrected chi connectivity index (χ2v) is 10.7. The van der Waals surface area contributed by atoms with E-state index >= 15 is 0 Å². The first-order valence-electron chi connectivity index (χ1n) is 13.8. The molecule has 1 aliphatic rings. The summed E-state index contributed by atoms with van der Waals surface area (Å²) in [5, 5.41) is 10.1. The highest BCUT2D eigenvalue weighted by molar-refractivity contribution is 6.26. The van der Waals surface area contributed by atoms with Crippen molar-refractivity contribution in [2.24, 2.45) is 0 Å². The van der Waals surface area contributed by atoms with Gasteiger partial charge in [0.25, 0.3) is 0 Å². The van der Waals surface area contributed by atoms with Gasteiger partial charge in [0.1, 0.15) is 0 Å². The highest BCUT2D eigenvalue weighted by atomic mass is 14.6. The van der Waals surface area contributed by atoms with Gasteiger partial charge in [0, 0.05) is 17.8 Å². The molecular weight excluding hydrogens is 482 g/mol. The molecule has 40 heavy (non-hydrogen) atoms. The average molecular weight is 506 g/mol. The second kappa shape index (κ2) is 8.11. The van der Waals surface area contributed by atoms with Gasteiger partial charge in [0.15, 0.2) is 0 Å². The maximum atomic E-state index is 4.65. The number of hydrogen-bond donors (Lipinski definition) is 0. The van der Waals surface area contributed by atoms with E-state index < -0.39 is 0 Å². The largest absolute Gasteiger partial charge is 0.264 e. The lowest BCUT2D eigenvalue weighted by Gasteiger charge is -2.19. The molecule has 1 aliphatic carbocycles. The standard InChI is InChI=1S/C39H23N/c1-2-9-25-22-26(17-16-24(25)8-1)37-30-12-5-6-13-31(30)39(36-23-40-21-20-35(36)37)34-19-18-33-28-11-4-3-10-27(28)29-14-7-15-32(34)38(29)33/h1-23H. The SMILES string of the molecule is c1ccc2c(c1)-c1cccc3c(-c4c5ccccc5c(-c5ccc6ccccc6c5)c5ccncc45)ccc-2c13. The Morgan fingerprint density at radius 3 is 1.85 bits per heavy atom. The maximum Gasteiger partial charge on any atom is 0.0353 e. The van der Waals surface area contributed by atoms with Crippen LogP contribution >= 0.6 is 0 Å². The molecule has 0 unspecified atom stereocenters. The van der Waals surface area contributed by atoms with Crippen LogP contribution in [0.2, 0.25) is 0 Å². The number of pyridine rings is 1. The van der Waals surface area contributed by atoms with Gasteiger partial charge in [-0.2, -0.15) is 0 Å². The van der Waals surface area contributed by atoms with E-state index in [9.17, 15) is 0 Å². The Labute approximate surface area is 232 Å². The molecule has 0 spiro atoms. The van der Waals surface area contributed by atoms with Crippen LogP contribution in [0.1, 0.15) is 0 Å². The summed E-state index contributed by atoms with van der Waals surface area (Å²) < 4.78 is 0. The summed E-state index contributed by atoms with van der Waals surface area (Å²) in [5.41, 5.74) is 10.3. The van der Waals surface area contributed by atoms with Crippen LogP contribution in [0.4, 0.5) is 0 Å². The topological polar surface area (TPSA) is 12.9 Å². The molecule has 0 aliphatic heterocycles. The van der Waals surface area contributed by atoms with Gasteiger partial charge in [0.05, 0.1) is 0 Å². The van der Waals surface area contributed by atoms with E-state index in [0.717, 1.165) is 0 Å². The van der Waals surface area contributed by atoms with Crippen molar-refractivity contribution in [3.63, 3.8) is 0 Å². The van der Waals surface area contributed by atoms with Gasteiger partial charge in [-0.1, -0.05) is 115 Å². The van der Waals surface area contributed by atoms with E-state index in [-0.39, 0.29) is 0 Å². The minimum absolute atomic E-state index is 1.18. The molecule has 1 heteroatoms. The quantitative estimate of drug-likeness (QED) is 0.213. The molecule has 0 radical (unpaired) electrons. The maximum absolute atomic E-state index is 4.65. The lowest BCUT2D eigenvalue weighted by atomic mass is 9.84. The molecule has 1 nitrogen and oxygen atoms in total. The third-order valence-corrected chi connectivity index (χ3v) is 8.68. The van der Waals surface area contributed by atoms with Gasteiger partial charge < -0.3 is 0 Å². The van der Waals surface area contributed by atoms with Crippen molar-refractivity contribution in [2.75, 3.05) is 0 Å². The molecule has 8 aromatic rings. The Hall–Kier alpha value is -5.27. The lowest BCUT2D eigenvalue weighted by molar-refractivity contribution is 1.37. The van der Waals surface area contributed by atoms with Crippen LogP contribution in [0.5, 0.6) is 0 Å². The van der Waals surface area contributed by atoms with Gasteiger partial charge in [-0.15, -0.1) is 0 Å². The number of fused-ring (bicyclic) bond motifs is 6. The molecule has 0 bridgehead atoms. The third-order valence-electron chi connectivity index (χ3n) is 8.68. The van der Waals surface area contributed by atoms with Gasteiger partial charge in [-0.3, -0.25) is 4.98 Å². The van der Waals surface area contributed by atoms with Crippen LogP contribution in [0.3, 0.4) is 0 Å². The molecule has 7 aromatic carbocycles. The lowest BCUT2D eigenvalue weighted by Crippen LogP contribution is -1.92. The molecule has 0 fully saturated rings. The first-order chi connectivity index (χ1) is 19.9. The molecule has 184 valence electrons. The highest BCUT2D eigenvalue weighted by Crippen LogP contribution is 2.51. The van der Waals surface area contributed by atoms with Crippen LogP contribution in [-0.2, 0) is 0 Å². The summed E-state index contributed by atoms with van der Waals surface area (Å²) in [4.78, 5) is 4.65. The van der Waals surface area contributed by atoms with E-state index in [2.05, 4.69) is 139 Å². The van der Waals surface area contributed by atoms with Crippen molar-refractivity contribution < 1.29 is 0 Å². The zero-order valence-electron chi connectivity index (χ0n) is 21.7. The summed E-state index contributed by atoms with van der Waals surface area (Å²) >= 11 is 0. The summed E-state index contributed by atoms with van der Waals surface area (Å²) in [6.07, 6.45) is 3.98. The van der Waals surface area contributed by atoms with Crippen LogP contribution in [-0.4, -0.2) is 4.98 Å². The van der Waals surface area contributed by atoms with Gasteiger partial charge >= 0.3 is 0 Å². The van der Waals surface area contributed by atoms with Gasteiger partial charge in [-0.25, -0.2) is 0 Å². The van der Waals surface area contributed by atoms with Crippen molar-refractivity contribution in [1.29, 1.82) is 0 Å². The second-order valence-electron chi connectivity index (χ2n) is 10.7. The third kappa shape index (κ3) is 2.89. The molecule has 1 aromatic heterocycles. The van der Waals surface area contributed by atoms with E-state index in [1.165, 1.54) is 87.6 Å². The molecule has 0 saturated carbocycles. The summed E-state index contributed by atoms with van der Waals surface area (Å²) in [5.74, 6) is 0. The van der Waals surface area contributed by atoms with Crippen LogP contribution < -0.4 is 0 Å². The monoisotopic (exact) mass is 505 g/mol. The Morgan fingerprint density at radius 2 is 1.00 bits per heavy atom. The van der Waals surface area contributed by atoms with E-state index in [0.29, 0.717) is 0 Å². The predicted molar refractivity (Wildman–Crippen MR) is 170 cm³/mol. The number of aromatic nitrogens is 1. The fourth-order valence-corrected chi connectivity index (χ4v) is 6.99. The first-order valence-corrected chi connectivity index (χ1v) is 13.8. The van der Waals surface area contributed by atoms with Crippen molar-refractivity contribution in [2.45, 2.75) is 0 Å². The highest BCUT2D eigenvalue weighted by Gasteiger charge is 2.24. The Bertz CT molecular complexity index is 2240. The molecule has 0 saturated heterocycles. The molecule has 0 atom stereocenters. The first kappa shape index (κ1) is 21.6. The predicted octanol–water partition coefficient (Wildman–Crippen LogP) is 10.7. The molecule has 9 rings (SSSR count). The van der Waals surface area contributed by atoms with Crippen LogP contribution in [0.15, 0.2) is 140 Å². The van der Waals surface area contributed by atoms with Crippen molar-refractivity contribution in [3.05, 3.63) is 140 Å². The van der Waals surface area contributed by atoms with Crippen LogP contribution in [0, 0.1) is 0 Å². The van der Waals surface area contributed by atoms with Crippen molar-refractivity contribution in [1.82, 2.24) is 4.98 Å². The minimum Gasteiger partial charge on any atom is -0.264 e. The van der Waals surface area contributed by atoms with E-state index in [4.69, 9.17) is 0 Å². The van der Waals surface area contributed by atoms with Gasteiger partial charge in [-0.05, 0) is 94.3 Å². The number of nitrogens with zero attached hydrogens (tertiary/aromatic N) is 1. The molecule has 0 amide bonds. The summed E-state index contributed by atoms with van der Waals surface area (Å²) in [7, 11) is 0. The van der Waals surface area contributed by atoms with E-state index in [1.54, 1.807) is 0 Å². The Balaban J connectivity index is 1.41. The molecule has 1 heterocycles. The van der Waals surface area contributed by atoms with Crippen LogP contribution in [0.25, 0.3) is 87.6 Å². The fourth-order valence-electron chi connectivity index (χ4n) is 6.99. The normalized spacial score (nSPS) is 12.0. The van der Waals surface area contributed by atoms with E-state index in [1.807, 2.05) is 6.20 Å². The smallest absolute Gasteiger partial charge is 0.0353 e. The summed E-state index contributed by atoms with van der Waals surface area (Å²) in [6.45, 7) is 0. The molecular formula is C39H23N. The van der Waals surface area contributed by atoms with Crippen molar-refractivity contribution in [3.8, 4) is 44.5 Å². The number of benzene rings is 7.